The molecule has 9 aromatic rings. The summed E-state index contributed by atoms with van der Waals surface area (Å²) in [6.07, 6.45) is 7.55. The second kappa shape index (κ2) is 13.3. The van der Waals surface area contributed by atoms with E-state index in [1.54, 1.807) is 0 Å². The molecule has 0 fully saturated rings. The molecule has 0 saturated carbocycles. The average molecular weight is 716 g/mol. The predicted octanol–water partition coefficient (Wildman–Crippen LogP) is 14.7. The van der Waals surface area contributed by atoms with Gasteiger partial charge in [-0.3, -0.25) is 0 Å². The van der Waals surface area contributed by atoms with Crippen LogP contribution in [-0.2, 0) is 0 Å². The molecule has 2 aliphatic rings. The van der Waals surface area contributed by atoms with Gasteiger partial charge in [0.05, 0.1) is 0 Å². The molecule has 56 heavy (non-hydrogen) atoms. The monoisotopic (exact) mass is 715 g/mol. The maximum absolute atomic E-state index is 6.41. The van der Waals surface area contributed by atoms with Gasteiger partial charge in [0, 0.05) is 34.6 Å². The number of fused-ring (bicyclic) bond motifs is 8. The number of anilines is 3. The van der Waals surface area contributed by atoms with Gasteiger partial charge < -0.3 is 9.64 Å². The van der Waals surface area contributed by atoms with Crippen LogP contribution in [-0.4, -0.2) is 6.10 Å². The molecule has 0 spiro atoms. The topological polar surface area (TPSA) is 12.5 Å². The van der Waals surface area contributed by atoms with Gasteiger partial charge in [0.25, 0.3) is 0 Å². The smallest absolute Gasteiger partial charge is 0.128 e. The van der Waals surface area contributed by atoms with Crippen molar-refractivity contribution in [1.82, 2.24) is 0 Å². The quantitative estimate of drug-likeness (QED) is 0.159. The Kier molecular flexibility index (Phi) is 7.67. The highest BCUT2D eigenvalue weighted by atomic mass is 16.5. The van der Waals surface area contributed by atoms with Crippen molar-refractivity contribution < 1.29 is 4.74 Å². The first kappa shape index (κ1) is 32.3. The van der Waals surface area contributed by atoms with Crippen LogP contribution in [0.15, 0.2) is 206 Å². The second-order valence-electron chi connectivity index (χ2n) is 14.8. The van der Waals surface area contributed by atoms with Crippen LogP contribution in [0.2, 0.25) is 0 Å². The summed E-state index contributed by atoms with van der Waals surface area (Å²) < 4.78 is 6.41. The van der Waals surface area contributed by atoms with Gasteiger partial charge >= 0.3 is 0 Å². The van der Waals surface area contributed by atoms with E-state index in [0.717, 1.165) is 29.2 Å². The summed E-state index contributed by atoms with van der Waals surface area (Å²) in [6.45, 7) is 0. The zero-order chi connectivity index (χ0) is 37.0. The summed E-state index contributed by atoms with van der Waals surface area (Å²) in [7, 11) is 0. The summed E-state index contributed by atoms with van der Waals surface area (Å²) in [5, 5.41) is 7.68. The molecular weight excluding hydrogens is 679 g/mol. The molecule has 264 valence electrons. The maximum atomic E-state index is 6.41. The number of rotatable bonds is 6. The Morgan fingerprint density at radius 2 is 1.05 bits per heavy atom. The molecule has 0 aromatic heterocycles. The highest BCUT2D eigenvalue weighted by Crippen LogP contribution is 2.47. The molecule has 0 N–H and O–H groups in total. The third kappa shape index (κ3) is 5.49. The van der Waals surface area contributed by atoms with Gasteiger partial charge in [-0.15, -0.1) is 0 Å². The number of nitrogens with zero attached hydrogens (tertiary/aromatic N) is 1. The number of ether oxygens (including phenoxy) is 1. The van der Waals surface area contributed by atoms with Crippen molar-refractivity contribution in [2.24, 2.45) is 0 Å². The van der Waals surface area contributed by atoms with Crippen molar-refractivity contribution in [3.8, 4) is 39.1 Å². The van der Waals surface area contributed by atoms with Crippen LogP contribution in [0, 0.1) is 0 Å². The van der Waals surface area contributed by atoms with E-state index in [1.807, 2.05) is 0 Å². The van der Waals surface area contributed by atoms with Crippen molar-refractivity contribution in [3.63, 3.8) is 0 Å². The highest BCUT2D eigenvalue weighted by Gasteiger charge is 2.31. The van der Waals surface area contributed by atoms with Crippen LogP contribution in [0.1, 0.15) is 12.0 Å². The molecule has 2 heteroatoms. The summed E-state index contributed by atoms with van der Waals surface area (Å²) in [5.74, 6) is 0.965. The summed E-state index contributed by atoms with van der Waals surface area (Å²) >= 11 is 0. The molecule has 2 nitrogen and oxygen atoms in total. The molecule has 0 radical (unpaired) electrons. The molecule has 1 atom stereocenters. The number of allylic oxidation sites excluding steroid dienone is 2. The van der Waals surface area contributed by atoms with Crippen LogP contribution in [0.3, 0.4) is 0 Å². The van der Waals surface area contributed by atoms with E-state index in [4.69, 9.17) is 4.74 Å². The molecule has 1 heterocycles. The first-order chi connectivity index (χ1) is 27.7. The molecule has 0 bridgehead atoms. The molecule has 11 rings (SSSR count). The van der Waals surface area contributed by atoms with Crippen molar-refractivity contribution in [1.29, 1.82) is 0 Å². The van der Waals surface area contributed by atoms with Gasteiger partial charge in [-0.2, -0.15) is 0 Å². The van der Waals surface area contributed by atoms with Gasteiger partial charge in [-0.1, -0.05) is 158 Å². The van der Waals surface area contributed by atoms with Gasteiger partial charge in [0.2, 0.25) is 0 Å². The third-order valence-electron chi connectivity index (χ3n) is 11.5. The number of hydrogen-bond donors (Lipinski definition) is 0. The normalized spacial score (nSPS) is 14.4. The zero-order valence-corrected chi connectivity index (χ0v) is 30.8. The Hall–Kier alpha value is -7.16. The zero-order valence-electron chi connectivity index (χ0n) is 30.8. The molecule has 1 unspecified atom stereocenters. The number of benzene rings is 9. The maximum Gasteiger partial charge on any atom is 0.128 e. The molecular formula is C54H37NO. The first-order valence-corrected chi connectivity index (χ1v) is 19.4. The Bertz CT molecular complexity index is 3010. The van der Waals surface area contributed by atoms with Crippen LogP contribution < -0.4 is 9.64 Å². The van der Waals surface area contributed by atoms with Gasteiger partial charge in [0.1, 0.15) is 11.9 Å². The Morgan fingerprint density at radius 1 is 0.429 bits per heavy atom. The van der Waals surface area contributed by atoms with Crippen molar-refractivity contribution in [2.45, 2.75) is 12.5 Å². The standard InChI is InChI=1S/C54H37NO/c1-2-10-36(11-3-1)37-20-27-43(28-21-37)55(45-14-8-13-41(35-45)48-17-9-19-53-54(48)51-16-6-7-18-52(51)56-53)44-29-22-38(23-30-44)40-25-31-47-42(34-40)26-33-49-46-15-5-4-12-39(46)24-32-50(47)49/h1-17,19-35,52H,18H2. The minimum atomic E-state index is 0.0831. The lowest BCUT2D eigenvalue weighted by molar-refractivity contribution is 0.279. The van der Waals surface area contributed by atoms with Gasteiger partial charge in [-0.25, -0.2) is 0 Å². The van der Waals surface area contributed by atoms with Crippen LogP contribution in [0.4, 0.5) is 17.1 Å². The van der Waals surface area contributed by atoms with E-state index in [-0.39, 0.29) is 6.10 Å². The summed E-state index contributed by atoms with van der Waals surface area (Å²) in [4.78, 5) is 2.37. The average Bonchev–Trinajstić information content (AvgIpc) is 3.66. The fourth-order valence-electron chi connectivity index (χ4n) is 8.79. The van der Waals surface area contributed by atoms with Gasteiger partial charge in [0.15, 0.2) is 0 Å². The second-order valence-corrected chi connectivity index (χ2v) is 14.8. The largest absolute Gasteiger partial charge is 0.485 e. The highest BCUT2D eigenvalue weighted by molar-refractivity contribution is 6.17. The van der Waals surface area contributed by atoms with Crippen LogP contribution in [0.5, 0.6) is 5.75 Å². The molecule has 1 aliphatic heterocycles. The molecule has 0 amide bonds. The Balaban J connectivity index is 0.986. The Morgan fingerprint density at radius 3 is 1.86 bits per heavy atom. The lowest BCUT2D eigenvalue weighted by Crippen LogP contribution is -2.12. The third-order valence-corrected chi connectivity index (χ3v) is 11.5. The predicted molar refractivity (Wildman–Crippen MR) is 236 cm³/mol. The summed E-state index contributed by atoms with van der Waals surface area (Å²) in [6, 6.07) is 68.4. The van der Waals surface area contributed by atoms with E-state index in [9.17, 15) is 0 Å². The fraction of sp³-hybridized carbons (Fsp3) is 0.0370. The van der Waals surface area contributed by atoms with E-state index < -0.39 is 0 Å². The van der Waals surface area contributed by atoms with Crippen LogP contribution >= 0.6 is 0 Å². The molecule has 0 saturated heterocycles. The lowest BCUT2D eigenvalue weighted by atomic mass is 9.90. The van der Waals surface area contributed by atoms with Crippen LogP contribution in [0.25, 0.3) is 71.3 Å². The SMILES string of the molecule is C1=CCC2Oc3cccc(-c4cccc(N(c5ccc(-c6ccccc6)cc5)c5ccc(-c6ccc7c(ccc8c9ccccc9ccc78)c6)cc5)c4)c3C2=C1. The minimum absolute atomic E-state index is 0.0831. The fourth-order valence-corrected chi connectivity index (χ4v) is 8.79. The number of hydrogen-bond acceptors (Lipinski definition) is 2. The van der Waals surface area contributed by atoms with Crippen molar-refractivity contribution >= 4 is 55.0 Å². The van der Waals surface area contributed by atoms with E-state index in [1.165, 1.54) is 76.8 Å². The molecule has 9 aromatic carbocycles. The van der Waals surface area contributed by atoms with Crippen molar-refractivity contribution in [3.05, 3.63) is 212 Å². The van der Waals surface area contributed by atoms with E-state index in [2.05, 4.69) is 211 Å². The molecule has 1 aliphatic carbocycles. The van der Waals surface area contributed by atoms with E-state index in [0.29, 0.717) is 0 Å². The lowest BCUT2D eigenvalue weighted by Gasteiger charge is -2.26. The minimum Gasteiger partial charge on any atom is -0.485 e. The summed E-state index contributed by atoms with van der Waals surface area (Å²) in [5.41, 5.74) is 12.9. The van der Waals surface area contributed by atoms with E-state index >= 15 is 0 Å². The van der Waals surface area contributed by atoms with Crippen molar-refractivity contribution in [2.75, 3.05) is 4.90 Å². The van der Waals surface area contributed by atoms with Gasteiger partial charge in [-0.05, 0) is 114 Å². The first-order valence-electron chi connectivity index (χ1n) is 19.4. The Labute approximate surface area is 326 Å².